The molecule has 0 unspecified atom stereocenters. The summed E-state index contributed by atoms with van der Waals surface area (Å²) in [6.07, 6.45) is 3.59. The molecule has 0 aromatic heterocycles. The van der Waals surface area contributed by atoms with Crippen LogP contribution in [0.25, 0.3) is 0 Å². The van der Waals surface area contributed by atoms with Crippen LogP contribution in [0.2, 0.25) is 0 Å². The van der Waals surface area contributed by atoms with Gasteiger partial charge >= 0.3 is 0 Å². The van der Waals surface area contributed by atoms with Crippen LogP contribution in [0.3, 0.4) is 0 Å². The number of morpholine rings is 1. The molecule has 0 atom stereocenters. The fraction of sp³-hybridized carbons (Fsp3) is 0.750. The second kappa shape index (κ2) is 5.29. The average molecular weight is 156 g/mol. The molecule has 1 fully saturated rings. The molecule has 0 aliphatic carbocycles. The van der Waals surface area contributed by atoms with Crippen molar-refractivity contribution in [2.75, 3.05) is 39.5 Å². The van der Waals surface area contributed by atoms with Gasteiger partial charge in [0.1, 0.15) is 6.61 Å². The molecule has 0 N–H and O–H groups in total. The van der Waals surface area contributed by atoms with Crippen molar-refractivity contribution in [1.82, 2.24) is 4.90 Å². The maximum absolute atomic E-state index is 10.0. The van der Waals surface area contributed by atoms with E-state index in [1.165, 1.54) is 0 Å². The number of ether oxygens (including phenoxy) is 1. The number of hydrogen-bond donors (Lipinski definition) is 0. The van der Waals surface area contributed by atoms with Gasteiger partial charge in [0.2, 0.25) is 0 Å². The number of rotatable bonds is 3. The Balaban J connectivity index is 2.09. The van der Waals surface area contributed by atoms with Gasteiger partial charge < -0.3 is 4.74 Å². The first kappa shape index (κ1) is 8.71. The van der Waals surface area contributed by atoms with E-state index in [2.05, 4.69) is 4.90 Å². The van der Waals surface area contributed by atoms with Crippen molar-refractivity contribution < 1.29 is 9.84 Å². The van der Waals surface area contributed by atoms with Gasteiger partial charge in [-0.2, -0.15) is 0 Å². The Morgan fingerprint density at radius 3 is 2.64 bits per heavy atom. The second-order valence-corrected chi connectivity index (χ2v) is 2.55. The molecule has 63 valence electrons. The summed E-state index contributed by atoms with van der Waals surface area (Å²) in [5.74, 6) is 0. The Morgan fingerprint density at radius 1 is 1.27 bits per heavy atom. The van der Waals surface area contributed by atoms with E-state index < -0.39 is 0 Å². The van der Waals surface area contributed by atoms with Gasteiger partial charge in [-0.3, -0.25) is 4.90 Å². The van der Waals surface area contributed by atoms with E-state index in [0.717, 1.165) is 32.8 Å². The minimum Gasteiger partial charge on any atom is -0.379 e. The predicted molar refractivity (Wildman–Crippen MR) is 42.0 cm³/mol. The second-order valence-electron chi connectivity index (χ2n) is 2.55. The zero-order valence-electron chi connectivity index (χ0n) is 6.66. The quantitative estimate of drug-likeness (QED) is 0.551. The van der Waals surface area contributed by atoms with E-state index in [4.69, 9.17) is 4.74 Å². The van der Waals surface area contributed by atoms with Gasteiger partial charge in [0.05, 0.1) is 13.2 Å². The Labute approximate surface area is 67.3 Å². The van der Waals surface area contributed by atoms with Crippen LogP contribution in [-0.2, 0) is 9.84 Å². The lowest BCUT2D eigenvalue weighted by Gasteiger charge is -2.24. The highest BCUT2D eigenvalue weighted by Crippen LogP contribution is 1.95. The fourth-order valence-electron chi connectivity index (χ4n) is 1.08. The Morgan fingerprint density at radius 2 is 2.00 bits per heavy atom. The van der Waals surface area contributed by atoms with Crippen molar-refractivity contribution in [3.8, 4) is 0 Å². The van der Waals surface area contributed by atoms with E-state index >= 15 is 0 Å². The average Bonchev–Trinajstić information content (AvgIpc) is 2.07. The Hall–Kier alpha value is -0.380. The molecule has 3 heteroatoms. The van der Waals surface area contributed by atoms with Crippen LogP contribution in [0, 0.1) is 0 Å². The fourth-order valence-corrected chi connectivity index (χ4v) is 1.08. The first-order chi connectivity index (χ1) is 5.43. The molecule has 1 aliphatic rings. The summed E-state index contributed by atoms with van der Waals surface area (Å²) >= 11 is 0. The van der Waals surface area contributed by atoms with Crippen LogP contribution in [0.5, 0.6) is 0 Å². The molecular weight excluding hydrogens is 142 g/mol. The van der Waals surface area contributed by atoms with Crippen molar-refractivity contribution in [2.24, 2.45) is 0 Å². The molecule has 0 aromatic carbocycles. The molecule has 1 heterocycles. The first-order valence-corrected chi connectivity index (χ1v) is 3.96. The van der Waals surface area contributed by atoms with Gasteiger partial charge in [-0.05, 0) is 0 Å². The molecule has 0 spiro atoms. The molecular formula is C8H14NO2. The summed E-state index contributed by atoms with van der Waals surface area (Å²) < 4.78 is 5.18. The summed E-state index contributed by atoms with van der Waals surface area (Å²) in [6, 6.07) is 0. The van der Waals surface area contributed by atoms with Gasteiger partial charge in [-0.25, -0.2) is 5.11 Å². The van der Waals surface area contributed by atoms with E-state index in [-0.39, 0.29) is 6.61 Å². The van der Waals surface area contributed by atoms with E-state index in [0.29, 0.717) is 0 Å². The normalized spacial score (nSPS) is 21.2. The minimum absolute atomic E-state index is 0.107. The standard InChI is InChI=1S/C8H14NO2/c10-6-2-1-3-9-4-7-11-8-5-9/h1-2H,3-8H2/b2-1+. The molecule has 1 radical (unpaired) electrons. The molecule has 1 rings (SSSR count). The van der Waals surface area contributed by atoms with Crippen LogP contribution in [0.1, 0.15) is 0 Å². The lowest BCUT2D eigenvalue weighted by Crippen LogP contribution is -2.36. The van der Waals surface area contributed by atoms with E-state index in [1.807, 2.05) is 6.08 Å². The predicted octanol–water partition coefficient (Wildman–Crippen LogP) is 0.305. The Kier molecular flexibility index (Phi) is 4.19. The van der Waals surface area contributed by atoms with Crippen LogP contribution in [-0.4, -0.2) is 44.4 Å². The monoisotopic (exact) mass is 156 g/mol. The maximum atomic E-state index is 10.0. The van der Waals surface area contributed by atoms with Gasteiger partial charge in [0, 0.05) is 19.6 Å². The summed E-state index contributed by atoms with van der Waals surface area (Å²) in [4.78, 5) is 2.27. The third-order valence-corrected chi connectivity index (χ3v) is 1.73. The maximum Gasteiger partial charge on any atom is 0.100 e. The third kappa shape index (κ3) is 3.51. The smallest absolute Gasteiger partial charge is 0.100 e. The van der Waals surface area contributed by atoms with Gasteiger partial charge in [-0.1, -0.05) is 12.2 Å². The lowest BCUT2D eigenvalue weighted by molar-refractivity contribution is 0.0433. The lowest BCUT2D eigenvalue weighted by atomic mass is 10.4. The molecule has 11 heavy (non-hydrogen) atoms. The van der Waals surface area contributed by atoms with Crippen LogP contribution >= 0.6 is 0 Å². The van der Waals surface area contributed by atoms with Gasteiger partial charge in [0.15, 0.2) is 0 Å². The zero-order chi connectivity index (χ0) is 7.94. The molecule has 3 nitrogen and oxygen atoms in total. The third-order valence-electron chi connectivity index (χ3n) is 1.73. The van der Waals surface area contributed by atoms with Crippen molar-refractivity contribution in [3.63, 3.8) is 0 Å². The molecule has 0 bridgehead atoms. The largest absolute Gasteiger partial charge is 0.379 e. The highest BCUT2D eigenvalue weighted by molar-refractivity contribution is 4.84. The molecule has 1 saturated heterocycles. The van der Waals surface area contributed by atoms with Crippen LogP contribution in [0.15, 0.2) is 12.2 Å². The summed E-state index contributed by atoms with van der Waals surface area (Å²) in [6.45, 7) is 4.42. The number of hydrogen-bond acceptors (Lipinski definition) is 2. The van der Waals surface area contributed by atoms with E-state index in [9.17, 15) is 5.11 Å². The molecule has 1 aliphatic heterocycles. The van der Waals surface area contributed by atoms with Crippen LogP contribution < -0.4 is 0 Å². The van der Waals surface area contributed by atoms with Crippen molar-refractivity contribution >= 4 is 0 Å². The highest BCUT2D eigenvalue weighted by atomic mass is 16.5. The van der Waals surface area contributed by atoms with Crippen molar-refractivity contribution in [1.29, 1.82) is 0 Å². The van der Waals surface area contributed by atoms with Crippen molar-refractivity contribution in [3.05, 3.63) is 12.2 Å². The van der Waals surface area contributed by atoms with Crippen molar-refractivity contribution in [2.45, 2.75) is 0 Å². The minimum atomic E-state index is -0.107. The summed E-state index contributed by atoms with van der Waals surface area (Å²) in [5, 5.41) is 10.0. The Bertz CT molecular complexity index is 119. The number of nitrogens with zero attached hydrogens (tertiary/aromatic N) is 1. The topological polar surface area (TPSA) is 32.4 Å². The zero-order valence-corrected chi connectivity index (χ0v) is 6.66. The molecule has 0 amide bonds. The van der Waals surface area contributed by atoms with Gasteiger partial charge in [0.25, 0.3) is 0 Å². The molecule has 0 aromatic rings. The molecule has 0 saturated carbocycles. The highest BCUT2D eigenvalue weighted by Gasteiger charge is 2.06. The van der Waals surface area contributed by atoms with E-state index in [1.54, 1.807) is 6.08 Å². The van der Waals surface area contributed by atoms with Gasteiger partial charge in [-0.15, -0.1) is 0 Å². The summed E-state index contributed by atoms with van der Waals surface area (Å²) in [5.41, 5.74) is 0. The summed E-state index contributed by atoms with van der Waals surface area (Å²) in [7, 11) is 0. The SMILES string of the molecule is [O]C/C=C/CN1CCOCC1. The van der Waals surface area contributed by atoms with Crippen LogP contribution in [0.4, 0.5) is 0 Å². The first-order valence-electron chi connectivity index (χ1n) is 3.96.